The van der Waals surface area contributed by atoms with Gasteiger partial charge in [-0.1, -0.05) is 0 Å². The second kappa shape index (κ2) is 2.51. The van der Waals surface area contributed by atoms with Gasteiger partial charge in [0.2, 0.25) is 0 Å². The Morgan fingerprint density at radius 2 is 1.21 bits per heavy atom. The Hall–Kier alpha value is -1.02. The molecule has 4 saturated carbocycles. The standard InChI is InChI=1S/C12H14N2/c13-6-12(7-14)10-2-8-1-9(4-10)5-11(12)3-8/h8-11H,1-5H2. The number of nitriles is 2. The summed E-state index contributed by atoms with van der Waals surface area (Å²) < 4.78 is 0. The van der Waals surface area contributed by atoms with Gasteiger partial charge in [-0.05, 0) is 55.8 Å². The second-order valence-corrected chi connectivity index (χ2v) is 5.40. The van der Waals surface area contributed by atoms with E-state index >= 15 is 0 Å². The SMILES string of the molecule is N#CC1(C#N)C2CC3CC(C2)CC1C3. The Kier molecular flexibility index (Phi) is 1.49. The van der Waals surface area contributed by atoms with E-state index in [-0.39, 0.29) is 0 Å². The molecule has 4 rings (SSSR count). The van der Waals surface area contributed by atoms with E-state index in [1.165, 1.54) is 6.42 Å². The minimum atomic E-state index is -0.604. The van der Waals surface area contributed by atoms with E-state index in [1.54, 1.807) is 0 Å². The molecule has 4 fully saturated rings. The first-order valence-electron chi connectivity index (χ1n) is 5.61. The van der Waals surface area contributed by atoms with Crippen molar-refractivity contribution in [2.45, 2.75) is 32.1 Å². The van der Waals surface area contributed by atoms with E-state index in [4.69, 9.17) is 0 Å². The monoisotopic (exact) mass is 186 g/mol. The Bertz CT molecular complexity index is 300. The van der Waals surface area contributed by atoms with Gasteiger partial charge in [0.25, 0.3) is 0 Å². The first-order valence-corrected chi connectivity index (χ1v) is 5.61. The van der Waals surface area contributed by atoms with Crippen LogP contribution in [0.3, 0.4) is 0 Å². The molecule has 72 valence electrons. The van der Waals surface area contributed by atoms with Gasteiger partial charge in [0.15, 0.2) is 0 Å². The predicted octanol–water partition coefficient (Wildman–Crippen LogP) is 2.48. The molecule has 14 heavy (non-hydrogen) atoms. The van der Waals surface area contributed by atoms with Gasteiger partial charge in [-0.15, -0.1) is 0 Å². The Morgan fingerprint density at radius 3 is 1.57 bits per heavy atom. The lowest BCUT2D eigenvalue weighted by atomic mass is 9.46. The molecule has 4 aliphatic rings. The largest absolute Gasteiger partial charge is 0.197 e. The summed E-state index contributed by atoms with van der Waals surface area (Å²) in [5.74, 6) is 2.47. The van der Waals surface area contributed by atoms with E-state index in [2.05, 4.69) is 12.1 Å². The van der Waals surface area contributed by atoms with Crippen LogP contribution in [0, 0.1) is 51.7 Å². The summed E-state index contributed by atoms with van der Waals surface area (Å²) in [5.41, 5.74) is -0.604. The first-order chi connectivity index (χ1) is 6.78. The van der Waals surface area contributed by atoms with Crippen LogP contribution in [-0.2, 0) is 0 Å². The lowest BCUT2D eigenvalue weighted by Gasteiger charge is -2.55. The van der Waals surface area contributed by atoms with Crippen LogP contribution < -0.4 is 0 Å². The zero-order valence-corrected chi connectivity index (χ0v) is 8.24. The first kappa shape index (κ1) is 8.30. The fourth-order valence-electron chi connectivity index (χ4n) is 4.32. The molecule has 0 aromatic carbocycles. The van der Waals surface area contributed by atoms with Gasteiger partial charge in [0.05, 0.1) is 12.1 Å². The van der Waals surface area contributed by atoms with Crippen molar-refractivity contribution in [1.82, 2.24) is 0 Å². The number of hydrogen-bond acceptors (Lipinski definition) is 2. The van der Waals surface area contributed by atoms with E-state index in [0.717, 1.165) is 37.5 Å². The lowest BCUT2D eigenvalue weighted by molar-refractivity contribution is -0.0473. The molecule has 4 aliphatic carbocycles. The average Bonchev–Trinajstić information content (AvgIpc) is 2.18. The third-order valence-corrected chi connectivity index (χ3v) is 4.80. The highest BCUT2D eigenvalue weighted by Gasteiger charge is 2.58. The summed E-state index contributed by atoms with van der Waals surface area (Å²) in [5, 5.41) is 18.6. The van der Waals surface area contributed by atoms with Gasteiger partial charge in [-0.25, -0.2) is 0 Å². The van der Waals surface area contributed by atoms with Gasteiger partial charge in [-0.2, -0.15) is 10.5 Å². The van der Waals surface area contributed by atoms with Crippen LogP contribution in [0.1, 0.15) is 32.1 Å². The summed E-state index contributed by atoms with van der Waals surface area (Å²) in [6.07, 6.45) is 5.96. The Labute approximate surface area is 84.5 Å². The van der Waals surface area contributed by atoms with Crippen molar-refractivity contribution in [1.29, 1.82) is 10.5 Å². The maximum absolute atomic E-state index is 9.28. The van der Waals surface area contributed by atoms with Crippen LogP contribution in [0.2, 0.25) is 0 Å². The fraction of sp³-hybridized carbons (Fsp3) is 0.833. The summed E-state index contributed by atoms with van der Waals surface area (Å²) in [7, 11) is 0. The van der Waals surface area contributed by atoms with Crippen molar-refractivity contribution in [3.63, 3.8) is 0 Å². The van der Waals surface area contributed by atoms with E-state index < -0.39 is 5.41 Å². The molecule has 0 aliphatic heterocycles. The molecule has 2 heteroatoms. The average molecular weight is 186 g/mol. The van der Waals surface area contributed by atoms with Crippen molar-refractivity contribution in [3.05, 3.63) is 0 Å². The predicted molar refractivity (Wildman–Crippen MR) is 50.7 cm³/mol. The fourth-order valence-corrected chi connectivity index (χ4v) is 4.32. The minimum Gasteiger partial charge on any atom is -0.197 e. The molecular weight excluding hydrogens is 172 g/mol. The number of nitrogens with zero attached hydrogens (tertiary/aromatic N) is 2. The highest BCUT2D eigenvalue weighted by atomic mass is 14.6. The number of hydrogen-bond donors (Lipinski definition) is 0. The highest BCUT2D eigenvalue weighted by molar-refractivity contribution is 5.24. The topological polar surface area (TPSA) is 47.6 Å². The van der Waals surface area contributed by atoms with Gasteiger partial charge < -0.3 is 0 Å². The van der Waals surface area contributed by atoms with Crippen LogP contribution in [0.15, 0.2) is 0 Å². The van der Waals surface area contributed by atoms with Crippen molar-refractivity contribution in [3.8, 4) is 12.1 Å². The Morgan fingerprint density at radius 1 is 0.786 bits per heavy atom. The van der Waals surface area contributed by atoms with Gasteiger partial charge in [0.1, 0.15) is 5.41 Å². The van der Waals surface area contributed by atoms with Crippen LogP contribution in [0.4, 0.5) is 0 Å². The zero-order chi connectivity index (χ0) is 9.76. The molecule has 0 unspecified atom stereocenters. The highest BCUT2D eigenvalue weighted by Crippen LogP contribution is 2.61. The summed E-state index contributed by atoms with van der Waals surface area (Å²) in [6, 6.07) is 4.70. The molecule has 0 aromatic heterocycles. The van der Waals surface area contributed by atoms with E-state index in [0.29, 0.717) is 11.8 Å². The maximum atomic E-state index is 9.28. The Balaban J connectivity index is 2.03. The molecule has 0 spiro atoms. The molecule has 0 atom stereocenters. The summed E-state index contributed by atoms with van der Waals surface area (Å²) >= 11 is 0. The van der Waals surface area contributed by atoms with Crippen molar-refractivity contribution >= 4 is 0 Å². The normalized spacial score (nSPS) is 47.0. The molecule has 0 heterocycles. The molecule has 0 amide bonds. The molecule has 0 aromatic rings. The van der Waals surface area contributed by atoms with E-state index in [9.17, 15) is 10.5 Å². The van der Waals surface area contributed by atoms with Crippen LogP contribution in [0.25, 0.3) is 0 Å². The molecule has 4 bridgehead atoms. The van der Waals surface area contributed by atoms with Gasteiger partial charge in [0, 0.05) is 0 Å². The van der Waals surface area contributed by atoms with Crippen molar-refractivity contribution in [2.75, 3.05) is 0 Å². The van der Waals surface area contributed by atoms with Crippen molar-refractivity contribution in [2.24, 2.45) is 29.1 Å². The molecule has 0 radical (unpaired) electrons. The second-order valence-electron chi connectivity index (χ2n) is 5.40. The third-order valence-electron chi connectivity index (χ3n) is 4.80. The quantitative estimate of drug-likeness (QED) is 0.583. The number of rotatable bonds is 0. The van der Waals surface area contributed by atoms with Crippen LogP contribution in [0.5, 0.6) is 0 Å². The minimum absolute atomic E-state index is 0.397. The van der Waals surface area contributed by atoms with Crippen molar-refractivity contribution < 1.29 is 0 Å². The maximum Gasteiger partial charge on any atom is 0.149 e. The zero-order valence-electron chi connectivity index (χ0n) is 8.24. The van der Waals surface area contributed by atoms with E-state index in [1.807, 2.05) is 0 Å². The molecular formula is C12H14N2. The van der Waals surface area contributed by atoms with Crippen LogP contribution in [-0.4, -0.2) is 0 Å². The lowest BCUT2D eigenvalue weighted by Crippen LogP contribution is -2.51. The smallest absolute Gasteiger partial charge is 0.149 e. The third kappa shape index (κ3) is 0.800. The molecule has 0 N–H and O–H groups in total. The summed E-state index contributed by atoms with van der Waals surface area (Å²) in [4.78, 5) is 0. The van der Waals surface area contributed by atoms with Gasteiger partial charge >= 0.3 is 0 Å². The van der Waals surface area contributed by atoms with Gasteiger partial charge in [-0.3, -0.25) is 0 Å². The molecule has 0 saturated heterocycles. The summed E-state index contributed by atoms with van der Waals surface area (Å²) in [6.45, 7) is 0. The molecule has 2 nitrogen and oxygen atoms in total. The van der Waals surface area contributed by atoms with Crippen LogP contribution >= 0.6 is 0 Å².